The molecule has 2 nitrogen and oxygen atoms in total. The van der Waals surface area contributed by atoms with Crippen molar-refractivity contribution in [2.75, 3.05) is 0 Å². The molecular formula is C14H13BrO2. The third kappa shape index (κ3) is 2.05. The first-order chi connectivity index (χ1) is 8.07. The number of aromatic hydroxyl groups is 1. The highest BCUT2D eigenvalue weighted by Crippen LogP contribution is 2.42. The second-order valence-corrected chi connectivity index (χ2v) is 5.75. The van der Waals surface area contributed by atoms with Crippen molar-refractivity contribution in [1.82, 2.24) is 0 Å². The maximum atomic E-state index is 10.0. The van der Waals surface area contributed by atoms with Crippen LogP contribution in [0.2, 0.25) is 0 Å². The molecule has 0 aliphatic heterocycles. The van der Waals surface area contributed by atoms with Crippen LogP contribution in [0.25, 0.3) is 10.8 Å². The van der Waals surface area contributed by atoms with E-state index < -0.39 is 5.60 Å². The Bertz CT molecular complexity index is 588. The first-order valence-electron chi connectivity index (χ1n) is 5.70. The molecular weight excluding hydrogens is 280 g/mol. The molecule has 1 saturated carbocycles. The van der Waals surface area contributed by atoms with Gasteiger partial charge in [-0.15, -0.1) is 0 Å². The Hall–Kier alpha value is -1.06. The Kier molecular flexibility index (Phi) is 2.42. The van der Waals surface area contributed by atoms with E-state index in [1.165, 1.54) is 0 Å². The van der Waals surface area contributed by atoms with Gasteiger partial charge >= 0.3 is 0 Å². The van der Waals surface area contributed by atoms with Gasteiger partial charge in [0.05, 0.1) is 5.60 Å². The van der Waals surface area contributed by atoms with Crippen molar-refractivity contribution < 1.29 is 10.2 Å². The third-order valence-corrected chi connectivity index (χ3v) is 3.89. The van der Waals surface area contributed by atoms with Crippen LogP contribution in [0.1, 0.15) is 18.4 Å². The minimum absolute atomic E-state index is 0.278. The zero-order chi connectivity index (χ0) is 12.0. The van der Waals surface area contributed by atoms with E-state index in [1.807, 2.05) is 24.3 Å². The standard InChI is InChI=1S/C14H13BrO2/c15-10-2-3-11-9(7-10)1-4-13(16)12(11)8-14(17)5-6-14/h1-4,7,16-17H,5-6,8H2. The van der Waals surface area contributed by atoms with E-state index in [9.17, 15) is 10.2 Å². The third-order valence-electron chi connectivity index (χ3n) is 3.40. The average molecular weight is 293 g/mol. The summed E-state index contributed by atoms with van der Waals surface area (Å²) >= 11 is 3.44. The molecule has 0 amide bonds. The lowest BCUT2D eigenvalue weighted by Gasteiger charge is -2.12. The molecule has 1 aliphatic rings. The fourth-order valence-electron chi connectivity index (χ4n) is 2.19. The van der Waals surface area contributed by atoms with Gasteiger partial charge in [0.1, 0.15) is 5.75 Å². The van der Waals surface area contributed by atoms with Crippen LogP contribution in [-0.2, 0) is 6.42 Å². The van der Waals surface area contributed by atoms with Gasteiger partial charge in [-0.25, -0.2) is 0 Å². The summed E-state index contributed by atoms with van der Waals surface area (Å²) in [6.45, 7) is 0. The van der Waals surface area contributed by atoms with Crippen molar-refractivity contribution >= 4 is 26.7 Å². The molecule has 2 aromatic carbocycles. The van der Waals surface area contributed by atoms with Crippen LogP contribution in [0.3, 0.4) is 0 Å². The summed E-state index contributed by atoms with van der Waals surface area (Å²) in [5, 5.41) is 22.0. The van der Waals surface area contributed by atoms with Crippen LogP contribution >= 0.6 is 15.9 Å². The van der Waals surface area contributed by atoms with Gasteiger partial charge in [-0.05, 0) is 41.8 Å². The predicted molar refractivity (Wildman–Crippen MR) is 71.2 cm³/mol. The monoisotopic (exact) mass is 292 g/mol. The van der Waals surface area contributed by atoms with Gasteiger partial charge in [-0.2, -0.15) is 0 Å². The second-order valence-electron chi connectivity index (χ2n) is 4.83. The normalized spacial score (nSPS) is 17.3. The molecule has 0 aromatic heterocycles. The Balaban J connectivity index is 2.17. The number of phenols is 1. The number of aliphatic hydroxyl groups is 1. The number of fused-ring (bicyclic) bond motifs is 1. The number of halogens is 1. The van der Waals surface area contributed by atoms with Gasteiger partial charge in [-0.3, -0.25) is 0 Å². The van der Waals surface area contributed by atoms with Crippen molar-refractivity contribution in [2.24, 2.45) is 0 Å². The first kappa shape index (κ1) is 11.1. The quantitative estimate of drug-likeness (QED) is 0.891. The van der Waals surface area contributed by atoms with E-state index in [1.54, 1.807) is 6.07 Å². The summed E-state index contributed by atoms with van der Waals surface area (Å²) in [7, 11) is 0. The molecule has 0 saturated heterocycles. The lowest BCUT2D eigenvalue weighted by molar-refractivity contribution is 0.150. The van der Waals surface area contributed by atoms with Crippen LogP contribution in [0, 0.1) is 0 Å². The number of rotatable bonds is 2. The molecule has 0 radical (unpaired) electrons. The lowest BCUT2D eigenvalue weighted by atomic mass is 9.98. The molecule has 0 heterocycles. The second kappa shape index (κ2) is 3.72. The first-order valence-corrected chi connectivity index (χ1v) is 6.49. The van der Waals surface area contributed by atoms with Crippen molar-refractivity contribution in [3.63, 3.8) is 0 Å². The van der Waals surface area contributed by atoms with Crippen molar-refractivity contribution in [3.05, 3.63) is 40.4 Å². The van der Waals surface area contributed by atoms with E-state index in [2.05, 4.69) is 15.9 Å². The van der Waals surface area contributed by atoms with Crippen molar-refractivity contribution in [3.8, 4) is 5.75 Å². The molecule has 0 unspecified atom stereocenters. The predicted octanol–water partition coefficient (Wildman–Crippen LogP) is 3.38. The number of phenolic OH excluding ortho intramolecular Hbond substituents is 1. The molecule has 2 aromatic rings. The van der Waals surface area contributed by atoms with Gasteiger partial charge in [0, 0.05) is 16.5 Å². The van der Waals surface area contributed by atoms with Crippen LogP contribution in [0.4, 0.5) is 0 Å². The Morgan fingerprint density at radius 1 is 1.18 bits per heavy atom. The smallest absolute Gasteiger partial charge is 0.119 e. The van der Waals surface area contributed by atoms with E-state index in [0.717, 1.165) is 33.7 Å². The maximum Gasteiger partial charge on any atom is 0.119 e. The molecule has 3 rings (SSSR count). The molecule has 0 bridgehead atoms. The molecule has 1 aliphatic carbocycles. The minimum atomic E-state index is -0.584. The number of hydrogen-bond donors (Lipinski definition) is 2. The Morgan fingerprint density at radius 2 is 1.94 bits per heavy atom. The van der Waals surface area contributed by atoms with Gasteiger partial charge in [0.15, 0.2) is 0 Å². The summed E-state index contributed by atoms with van der Waals surface area (Å²) in [4.78, 5) is 0. The van der Waals surface area contributed by atoms with E-state index >= 15 is 0 Å². The largest absolute Gasteiger partial charge is 0.508 e. The van der Waals surface area contributed by atoms with E-state index in [0.29, 0.717) is 6.42 Å². The van der Waals surface area contributed by atoms with Gasteiger partial charge in [0.25, 0.3) is 0 Å². The summed E-state index contributed by atoms with van der Waals surface area (Å²) in [6, 6.07) is 9.57. The SMILES string of the molecule is Oc1ccc2cc(Br)ccc2c1CC1(O)CC1. The molecule has 17 heavy (non-hydrogen) atoms. The van der Waals surface area contributed by atoms with Crippen LogP contribution in [0.15, 0.2) is 34.8 Å². The number of benzene rings is 2. The molecule has 3 heteroatoms. The highest BCUT2D eigenvalue weighted by Gasteiger charge is 2.41. The summed E-state index contributed by atoms with van der Waals surface area (Å²) in [6.07, 6.45) is 2.20. The Morgan fingerprint density at radius 3 is 2.65 bits per heavy atom. The lowest BCUT2D eigenvalue weighted by Crippen LogP contribution is -2.11. The molecule has 1 fully saturated rings. The fraction of sp³-hybridized carbons (Fsp3) is 0.286. The van der Waals surface area contributed by atoms with E-state index in [4.69, 9.17) is 0 Å². The van der Waals surface area contributed by atoms with Gasteiger partial charge < -0.3 is 10.2 Å². The van der Waals surface area contributed by atoms with Crippen molar-refractivity contribution in [1.29, 1.82) is 0 Å². The minimum Gasteiger partial charge on any atom is -0.508 e. The number of hydrogen-bond acceptors (Lipinski definition) is 2. The Labute approximate surface area is 108 Å². The summed E-state index contributed by atoms with van der Waals surface area (Å²) in [5.41, 5.74) is 0.272. The molecule has 88 valence electrons. The van der Waals surface area contributed by atoms with Crippen molar-refractivity contribution in [2.45, 2.75) is 24.9 Å². The summed E-state index contributed by atoms with van der Waals surface area (Å²) < 4.78 is 1.02. The zero-order valence-electron chi connectivity index (χ0n) is 9.28. The molecule has 2 N–H and O–H groups in total. The highest BCUT2D eigenvalue weighted by atomic mass is 79.9. The van der Waals surface area contributed by atoms with Gasteiger partial charge in [-0.1, -0.05) is 28.1 Å². The summed E-state index contributed by atoms with van der Waals surface area (Å²) in [5.74, 6) is 0.278. The maximum absolute atomic E-state index is 10.0. The van der Waals surface area contributed by atoms with Crippen LogP contribution in [0.5, 0.6) is 5.75 Å². The van der Waals surface area contributed by atoms with Crippen LogP contribution < -0.4 is 0 Å². The van der Waals surface area contributed by atoms with Gasteiger partial charge in [0.2, 0.25) is 0 Å². The average Bonchev–Trinajstić information content (AvgIpc) is 3.01. The fourth-order valence-corrected chi connectivity index (χ4v) is 2.57. The zero-order valence-corrected chi connectivity index (χ0v) is 10.9. The van der Waals surface area contributed by atoms with Crippen LogP contribution in [-0.4, -0.2) is 15.8 Å². The molecule has 0 atom stereocenters. The topological polar surface area (TPSA) is 40.5 Å². The van der Waals surface area contributed by atoms with E-state index in [-0.39, 0.29) is 5.75 Å². The molecule has 0 spiro atoms. The highest BCUT2D eigenvalue weighted by molar-refractivity contribution is 9.10.